The molecule has 0 bridgehead atoms. The van der Waals surface area contributed by atoms with Crippen molar-refractivity contribution in [1.29, 1.82) is 0 Å². The Morgan fingerprint density at radius 1 is 1.20 bits per heavy atom. The van der Waals surface area contributed by atoms with E-state index >= 15 is 0 Å². The van der Waals surface area contributed by atoms with Crippen LogP contribution in [0.25, 0.3) is 10.9 Å². The molecule has 0 unspecified atom stereocenters. The van der Waals surface area contributed by atoms with Gasteiger partial charge in [-0.3, -0.25) is 4.98 Å². The van der Waals surface area contributed by atoms with Gasteiger partial charge in [-0.15, -0.1) is 0 Å². The van der Waals surface area contributed by atoms with Crippen molar-refractivity contribution in [3.63, 3.8) is 0 Å². The van der Waals surface area contributed by atoms with Gasteiger partial charge in [-0.2, -0.15) is 0 Å². The van der Waals surface area contributed by atoms with Gasteiger partial charge in [-0.1, -0.05) is 18.5 Å². The molecule has 1 aromatic heterocycles. The van der Waals surface area contributed by atoms with Gasteiger partial charge in [-0.05, 0) is 50.1 Å². The molecule has 0 spiro atoms. The first-order valence-electron chi connectivity index (χ1n) is 8.56. The van der Waals surface area contributed by atoms with Crippen molar-refractivity contribution in [3.8, 4) is 0 Å². The molecule has 1 aliphatic rings. The van der Waals surface area contributed by atoms with Crippen molar-refractivity contribution in [2.75, 3.05) is 38.1 Å². The number of likely N-dealkylation sites (N-methyl/N-ethyl adjacent to an activating group) is 1. The molecule has 131 valence electrons. The predicted molar refractivity (Wildman–Crippen MR) is 104 cm³/mol. The van der Waals surface area contributed by atoms with Gasteiger partial charge < -0.3 is 15.3 Å². The lowest BCUT2D eigenvalue weighted by Crippen LogP contribution is -2.33. The van der Waals surface area contributed by atoms with E-state index in [-0.39, 0.29) is 6.61 Å². The van der Waals surface area contributed by atoms with E-state index in [2.05, 4.69) is 41.4 Å². The van der Waals surface area contributed by atoms with Crippen molar-refractivity contribution in [2.24, 2.45) is 0 Å². The summed E-state index contributed by atoms with van der Waals surface area (Å²) in [4.78, 5) is 6.62. The number of rotatable bonds is 8. The minimum Gasteiger partial charge on any atom is -0.395 e. The first-order valence-corrected chi connectivity index (χ1v) is 8.94. The Hall–Kier alpha value is -1.36. The monoisotopic (exact) mass is 356 g/mol. The number of hydrogen-bond donors (Lipinski definition) is 2. The molecule has 4 nitrogen and oxygen atoms in total. The van der Waals surface area contributed by atoms with Crippen LogP contribution in [0.3, 0.4) is 0 Å². The number of benzene rings is 1. The first kappa shape index (κ1) is 18.4. The van der Waals surface area contributed by atoms with Gasteiger partial charge in [-0.25, -0.2) is 0 Å². The second-order valence-corrected chi connectivity index (χ2v) is 6.48. The molecule has 0 aliphatic heterocycles. The van der Waals surface area contributed by atoms with Gasteiger partial charge in [0.15, 0.2) is 0 Å². The summed E-state index contributed by atoms with van der Waals surface area (Å²) in [7, 11) is 0. The quantitative estimate of drug-likeness (QED) is 0.761. The molecule has 5 radical (unpaired) electrons. The van der Waals surface area contributed by atoms with E-state index in [1.54, 1.807) is 6.20 Å². The average Bonchev–Trinajstić information content (AvgIpc) is 3.06. The van der Waals surface area contributed by atoms with Crippen LogP contribution < -0.4 is 5.32 Å². The van der Waals surface area contributed by atoms with Crippen LogP contribution in [0.2, 0.25) is 5.02 Å². The van der Waals surface area contributed by atoms with Gasteiger partial charge in [0.2, 0.25) is 0 Å². The van der Waals surface area contributed by atoms with Crippen LogP contribution in [0, 0.1) is 31.1 Å². The number of pyridine rings is 1. The van der Waals surface area contributed by atoms with Crippen LogP contribution in [-0.4, -0.2) is 47.8 Å². The molecule has 1 aliphatic carbocycles. The molecule has 0 atom stereocenters. The molecule has 25 heavy (non-hydrogen) atoms. The molecule has 1 saturated carbocycles. The lowest BCUT2D eigenvalue weighted by Gasteiger charge is -2.26. The van der Waals surface area contributed by atoms with Crippen LogP contribution in [0.15, 0.2) is 30.5 Å². The van der Waals surface area contributed by atoms with E-state index in [0.29, 0.717) is 11.6 Å². The highest BCUT2D eigenvalue weighted by Gasteiger charge is 2.30. The van der Waals surface area contributed by atoms with Gasteiger partial charge in [0.25, 0.3) is 0 Å². The highest BCUT2D eigenvalue weighted by molar-refractivity contribution is 6.31. The van der Waals surface area contributed by atoms with Gasteiger partial charge in [0.05, 0.1) is 12.1 Å². The molecule has 0 amide bonds. The number of aliphatic hydroxyl groups is 1. The number of fused-ring (bicyclic) bond motifs is 1. The molecule has 1 aromatic carbocycles. The Bertz CT molecular complexity index is 694. The lowest BCUT2D eigenvalue weighted by atomic mass is 9.95. The van der Waals surface area contributed by atoms with E-state index in [9.17, 15) is 0 Å². The van der Waals surface area contributed by atoms with Crippen molar-refractivity contribution >= 4 is 28.2 Å². The minimum absolute atomic E-state index is 0.188. The third kappa shape index (κ3) is 4.63. The largest absolute Gasteiger partial charge is 0.395 e. The second kappa shape index (κ2) is 8.84. The van der Waals surface area contributed by atoms with Crippen molar-refractivity contribution in [3.05, 3.63) is 66.6 Å². The Labute approximate surface area is 155 Å². The van der Waals surface area contributed by atoms with Crippen LogP contribution in [0.4, 0.5) is 5.69 Å². The molecule has 3 rings (SSSR count). The van der Waals surface area contributed by atoms with E-state index in [1.165, 1.54) is 11.8 Å². The van der Waals surface area contributed by atoms with Gasteiger partial charge in [0.1, 0.15) is 0 Å². The van der Waals surface area contributed by atoms with Gasteiger partial charge >= 0.3 is 0 Å². The summed E-state index contributed by atoms with van der Waals surface area (Å²) in [6.07, 6.45) is 8.19. The van der Waals surface area contributed by atoms with Crippen molar-refractivity contribution < 1.29 is 5.11 Å². The van der Waals surface area contributed by atoms with Crippen LogP contribution >= 0.6 is 11.6 Å². The van der Waals surface area contributed by atoms with Crippen molar-refractivity contribution in [2.45, 2.75) is 6.92 Å². The maximum atomic E-state index is 9.17. The smallest absolute Gasteiger partial charge is 0.0737 e. The zero-order chi connectivity index (χ0) is 17.6. The minimum atomic E-state index is 0.188. The second-order valence-electron chi connectivity index (χ2n) is 6.04. The number of nitrogens with zero attached hydrogens (tertiary/aromatic N) is 2. The van der Waals surface area contributed by atoms with Crippen molar-refractivity contribution in [1.82, 2.24) is 9.88 Å². The Kier molecular flexibility index (Phi) is 6.51. The SMILES string of the molecule is CCN(CCO)C[C]1[CH][CH][CH][C]1CNc1ccnc2cc(Cl)ccc12. The fourth-order valence-electron chi connectivity index (χ4n) is 3.02. The summed E-state index contributed by atoms with van der Waals surface area (Å²) in [6, 6.07) is 7.75. The zero-order valence-corrected chi connectivity index (χ0v) is 15.1. The molecular formula is C20H23ClN3O. The highest BCUT2D eigenvalue weighted by atomic mass is 35.5. The van der Waals surface area contributed by atoms with E-state index in [1.807, 2.05) is 24.3 Å². The van der Waals surface area contributed by atoms with Gasteiger partial charge in [0, 0.05) is 53.8 Å². The summed E-state index contributed by atoms with van der Waals surface area (Å²) in [5, 5.41) is 14.4. The summed E-state index contributed by atoms with van der Waals surface area (Å²) < 4.78 is 0. The summed E-state index contributed by atoms with van der Waals surface area (Å²) in [5.74, 6) is 2.57. The van der Waals surface area contributed by atoms with Crippen LogP contribution in [-0.2, 0) is 0 Å². The lowest BCUT2D eigenvalue weighted by molar-refractivity contribution is 0.208. The number of hydrogen-bond acceptors (Lipinski definition) is 4. The number of anilines is 1. The summed E-state index contributed by atoms with van der Waals surface area (Å²) >= 11 is 6.06. The fourth-order valence-corrected chi connectivity index (χ4v) is 3.18. The van der Waals surface area contributed by atoms with E-state index < -0.39 is 0 Å². The number of aromatic nitrogens is 1. The Morgan fingerprint density at radius 2 is 2.04 bits per heavy atom. The standard InChI is InChI=1S/C20H23ClN3O/c1-2-24(10-11-25)14-16-5-3-4-15(16)13-23-19-8-9-22-20-12-17(21)6-7-18(19)20/h3-9,12,25H,2,10-11,13-14H2,1H3,(H,22,23). The van der Waals surface area contributed by atoms with E-state index in [4.69, 9.17) is 16.7 Å². The highest BCUT2D eigenvalue weighted by Crippen LogP contribution is 2.34. The Balaban J connectivity index is 1.64. The van der Waals surface area contributed by atoms with E-state index in [0.717, 1.165) is 36.2 Å². The maximum absolute atomic E-state index is 9.17. The first-order chi connectivity index (χ1) is 12.2. The molecule has 5 heteroatoms. The molecule has 0 saturated heterocycles. The van der Waals surface area contributed by atoms with Crippen LogP contribution in [0.1, 0.15) is 6.92 Å². The molecule has 2 N–H and O–H groups in total. The average molecular weight is 357 g/mol. The third-order valence-electron chi connectivity index (χ3n) is 4.44. The normalized spacial score (nSPS) is 16.2. The third-order valence-corrected chi connectivity index (χ3v) is 4.67. The number of aliphatic hydroxyl groups excluding tert-OH is 1. The number of nitrogens with one attached hydrogen (secondary N) is 1. The predicted octanol–water partition coefficient (Wildman–Crippen LogP) is 3.39. The zero-order valence-electron chi connectivity index (χ0n) is 14.4. The maximum Gasteiger partial charge on any atom is 0.0737 e. The molecule has 1 heterocycles. The summed E-state index contributed by atoms with van der Waals surface area (Å²) in [6.45, 7) is 5.53. The molecule has 2 aromatic rings. The molecule has 1 fully saturated rings. The Morgan fingerprint density at radius 3 is 2.84 bits per heavy atom. The summed E-state index contributed by atoms with van der Waals surface area (Å²) in [5.41, 5.74) is 1.94. The molecular weight excluding hydrogens is 334 g/mol. The fraction of sp³-hybridized carbons (Fsp3) is 0.300. The number of halogens is 1. The topological polar surface area (TPSA) is 48.4 Å². The van der Waals surface area contributed by atoms with Crippen LogP contribution in [0.5, 0.6) is 0 Å².